The van der Waals surface area contributed by atoms with Crippen molar-refractivity contribution >= 4 is 69.5 Å². The van der Waals surface area contributed by atoms with Crippen LogP contribution in [-0.2, 0) is 0 Å². The molecule has 2 aliphatic rings. The molecule has 1 N–H and O–H groups in total. The van der Waals surface area contributed by atoms with Crippen molar-refractivity contribution in [3.05, 3.63) is 97.0 Å². The van der Waals surface area contributed by atoms with Gasteiger partial charge in [0, 0.05) is 17.2 Å². The summed E-state index contributed by atoms with van der Waals surface area (Å²) >= 11 is 28.1. The number of nitro benzene ring substituents is 1. The van der Waals surface area contributed by atoms with Gasteiger partial charge in [0.2, 0.25) is 0 Å². The minimum atomic E-state index is -0.348. The molecule has 1 aliphatic carbocycles. The zero-order valence-corrected chi connectivity index (χ0v) is 20.9. The molecule has 1 saturated carbocycles. The number of nitro groups is 1. The number of nitrogens with one attached hydrogen (secondary N) is 1. The van der Waals surface area contributed by atoms with Gasteiger partial charge >= 0.3 is 0 Å². The standard InChI is InChI=1S/C24H18Cl4N2O2S/c25-15-7-4-6-13(21(15)27)23-14-11-19(33-18-10-2-1-9-17(18)30(31)32)22(28)20(14)12-5-3-8-16(26)24(12)29-23/h1-10,14,19-20,22-23,29H,11H2/t14-,19-,20-,22+,23+/m0/s1. The average molecular weight is 540 g/mol. The molecule has 3 aromatic rings. The molecule has 0 spiro atoms. The number of hydrogen-bond donors (Lipinski definition) is 1. The molecule has 0 bridgehead atoms. The van der Waals surface area contributed by atoms with E-state index in [1.807, 2.05) is 30.3 Å². The van der Waals surface area contributed by atoms with Crippen LogP contribution in [0.2, 0.25) is 15.1 Å². The van der Waals surface area contributed by atoms with E-state index in [0.29, 0.717) is 20.0 Å². The fourth-order valence-electron chi connectivity index (χ4n) is 5.04. The molecule has 5 atom stereocenters. The number of halogens is 4. The zero-order valence-electron chi connectivity index (χ0n) is 17.1. The monoisotopic (exact) mass is 538 g/mol. The molecule has 33 heavy (non-hydrogen) atoms. The van der Waals surface area contributed by atoms with Gasteiger partial charge in [-0.3, -0.25) is 10.1 Å². The molecule has 5 rings (SSSR count). The third-order valence-electron chi connectivity index (χ3n) is 6.45. The first-order valence-corrected chi connectivity index (χ1v) is 12.8. The van der Waals surface area contributed by atoms with E-state index >= 15 is 0 Å². The summed E-state index contributed by atoms with van der Waals surface area (Å²) in [7, 11) is 0. The zero-order chi connectivity index (χ0) is 23.3. The van der Waals surface area contributed by atoms with E-state index in [-0.39, 0.29) is 39.1 Å². The van der Waals surface area contributed by atoms with Crippen molar-refractivity contribution in [3.8, 4) is 0 Å². The first-order chi connectivity index (χ1) is 15.9. The number of thioether (sulfide) groups is 1. The first kappa shape index (κ1) is 23.1. The Labute approximate surface area is 215 Å². The van der Waals surface area contributed by atoms with Crippen molar-refractivity contribution < 1.29 is 4.92 Å². The number of alkyl halides is 1. The Bertz CT molecular complexity index is 1240. The summed E-state index contributed by atoms with van der Waals surface area (Å²) < 4.78 is 0. The van der Waals surface area contributed by atoms with Gasteiger partial charge in [0.15, 0.2) is 0 Å². The number of hydrogen-bond acceptors (Lipinski definition) is 4. The van der Waals surface area contributed by atoms with Crippen molar-refractivity contribution in [2.75, 3.05) is 5.32 Å². The Kier molecular flexibility index (Phi) is 6.45. The quantitative estimate of drug-likeness (QED) is 0.205. The van der Waals surface area contributed by atoms with Gasteiger partial charge in [-0.2, -0.15) is 0 Å². The van der Waals surface area contributed by atoms with Gasteiger partial charge in [0.25, 0.3) is 5.69 Å². The van der Waals surface area contributed by atoms with Crippen molar-refractivity contribution in [2.45, 2.75) is 33.9 Å². The maximum absolute atomic E-state index is 11.5. The summed E-state index contributed by atoms with van der Waals surface area (Å²) in [6, 6.07) is 18.1. The summed E-state index contributed by atoms with van der Waals surface area (Å²) in [5.74, 6) is 0.108. The molecule has 4 nitrogen and oxygen atoms in total. The maximum Gasteiger partial charge on any atom is 0.282 e. The molecule has 1 heterocycles. The maximum atomic E-state index is 11.5. The second-order valence-electron chi connectivity index (χ2n) is 8.22. The smallest absolute Gasteiger partial charge is 0.282 e. The molecule has 0 amide bonds. The highest BCUT2D eigenvalue weighted by atomic mass is 35.5. The van der Waals surface area contributed by atoms with E-state index in [1.54, 1.807) is 18.2 Å². The van der Waals surface area contributed by atoms with E-state index in [4.69, 9.17) is 46.4 Å². The minimum Gasteiger partial charge on any atom is -0.376 e. The summed E-state index contributed by atoms with van der Waals surface area (Å²) in [5.41, 5.74) is 2.90. The van der Waals surface area contributed by atoms with Gasteiger partial charge in [-0.15, -0.1) is 23.4 Å². The van der Waals surface area contributed by atoms with Crippen LogP contribution in [0.15, 0.2) is 65.6 Å². The van der Waals surface area contributed by atoms with Crippen LogP contribution in [0.1, 0.15) is 29.5 Å². The Morgan fingerprint density at radius 1 is 0.939 bits per heavy atom. The average Bonchev–Trinajstić information content (AvgIpc) is 3.12. The van der Waals surface area contributed by atoms with Crippen molar-refractivity contribution in [2.24, 2.45) is 5.92 Å². The molecular weight excluding hydrogens is 522 g/mol. The Morgan fingerprint density at radius 2 is 1.64 bits per heavy atom. The lowest BCUT2D eigenvalue weighted by Gasteiger charge is -2.39. The van der Waals surface area contributed by atoms with E-state index in [9.17, 15) is 10.1 Å². The minimum absolute atomic E-state index is 0.00179. The lowest BCUT2D eigenvalue weighted by Crippen LogP contribution is -2.31. The van der Waals surface area contributed by atoms with Crippen LogP contribution < -0.4 is 5.32 Å². The SMILES string of the molecule is O=[N+]([O-])c1ccccc1S[C@H]1C[C@H]2[C@H](c3cccc(Cl)c3N[C@@H]2c2cccc(Cl)c2Cl)[C@@H]1Cl. The van der Waals surface area contributed by atoms with Crippen molar-refractivity contribution in [3.63, 3.8) is 0 Å². The third-order valence-corrected chi connectivity index (χ3v) is 9.71. The number of anilines is 1. The van der Waals surface area contributed by atoms with Gasteiger partial charge in [-0.25, -0.2) is 0 Å². The fourth-order valence-corrected chi connectivity index (χ4v) is 7.65. The fraction of sp³-hybridized carbons (Fsp3) is 0.250. The molecule has 0 saturated heterocycles. The largest absolute Gasteiger partial charge is 0.376 e. The lowest BCUT2D eigenvalue weighted by molar-refractivity contribution is -0.387. The Morgan fingerprint density at radius 3 is 2.39 bits per heavy atom. The number of rotatable bonds is 4. The van der Waals surface area contributed by atoms with Gasteiger partial charge < -0.3 is 5.32 Å². The molecule has 1 fully saturated rings. The second kappa shape index (κ2) is 9.20. The predicted octanol–water partition coefficient (Wildman–Crippen LogP) is 8.59. The van der Waals surface area contributed by atoms with E-state index < -0.39 is 0 Å². The molecule has 0 unspecified atom stereocenters. The van der Waals surface area contributed by atoms with Crippen LogP contribution in [0.5, 0.6) is 0 Å². The summed E-state index contributed by atoms with van der Waals surface area (Å²) in [4.78, 5) is 11.8. The number of fused-ring (bicyclic) bond motifs is 3. The molecule has 1 aliphatic heterocycles. The number of nitrogens with zero attached hydrogens (tertiary/aromatic N) is 1. The highest BCUT2D eigenvalue weighted by Gasteiger charge is 2.51. The third kappa shape index (κ3) is 4.08. The van der Waals surface area contributed by atoms with Crippen molar-refractivity contribution in [1.82, 2.24) is 0 Å². The van der Waals surface area contributed by atoms with E-state index in [1.165, 1.54) is 17.8 Å². The predicted molar refractivity (Wildman–Crippen MR) is 138 cm³/mol. The molecular formula is C24H18Cl4N2O2S. The molecule has 170 valence electrons. The summed E-state index contributed by atoms with van der Waals surface area (Å²) in [6.45, 7) is 0. The van der Waals surface area contributed by atoms with Crippen LogP contribution >= 0.6 is 58.2 Å². The van der Waals surface area contributed by atoms with Gasteiger partial charge in [0.1, 0.15) is 0 Å². The van der Waals surface area contributed by atoms with Crippen molar-refractivity contribution in [1.29, 1.82) is 0 Å². The van der Waals surface area contributed by atoms with Crippen LogP contribution in [-0.4, -0.2) is 15.6 Å². The number of para-hydroxylation sites is 2. The van der Waals surface area contributed by atoms with Crippen LogP contribution in [0.25, 0.3) is 0 Å². The van der Waals surface area contributed by atoms with Crippen LogP contribution in [0.4, 0.5) is 11.4 Å². The number of benzene rings is 3. The molecule has 9 heteroatoms. The van der Waals surface area contributed by atoms with Gasteiger partial charge in [-0.1, -0.05) is 71.2 Å². The van der Waals surface area contributed by atoms with E-state index in [0.717, 1.165) is 23.2 Å². The van der Waals surface area contributed by atoms with Gasteiger partial charge in [-0.05, 0) is 41.7 Å². The Hall–Kier alpha value is -1.63. The van der Waals surface area contributed by atoms with Crippen LogP contribution in [0, 0.1) is 16.0 Å². The summed E-state index contributed by atoms with van der Waals surface area (Å²) in [6.07, 6.45) is 0.752. The van der Waals surface area contributed by atoms with Crippen LogP contribution in [0.3, 0.4) is 0 Å². The molecule has 3 aromatic carbocycles. The lowest BCUT2D eigenvalue weighted by atomic mass is 9.77. The normalized spacial score (nSPS) is 25.8. The van der Waals surface area contributed by atoms with Gasteiger partial charge in [0.05, 0.1) is 42.0 Å². The molecule has 0 aromatic heterocycles. The Balaban J connectivity index is 1.57. The summed E-state index contributed by atoms with van der Waals surface area (Å²) in [5, 5.41) is 16.5. The first-order valence-electron chi connectivity index (χ1n) is 10.4. The second-order valence-corrected chi connectivity index (χ2v) is 11.2. The molecule has 0 radical (unpaired) electrons. The highest BCUT2D eigenvalue weighted by Crippen LogP contribution is 2.59. The highest BCUT2D eigenvalue weighted by molar-refractivity contribution is 8.00. The topological polar surface area (TPSA) is 55.2 Å². The van der Waals surface area contributed by atoms with E-state index in [2.05, 4.69) is 11.4 Å².